The lowest BCUT2D eigenvalue weighted by atomic mass is 10.2. The van der Waals surface area contributed by atoms with E-state index < -0.39 is 0 Å². The molecule has 0 aromatic carbocycles. The zero-order chi connectivity index (χ0) is 13.2. The van der Waals surface area contributed by atoms with Crippen molar-refractivity contribution in [2.45, 2.75) is 38.7 Å². The van der Waals surface area contributed by atoms with E-state index in [9.17, 15) is 4.79 Å². The minimum absolute atomic E-state index is 0.0557. The normalized spacial score (nSPS) is 22.6. The van der Waals surface area contributed by atoms with E-state index in [1.807, 2.05) is 24.0 Å². The van der Waals surface area contributed by atoms with Gasteiger partial charge in [-0.1, -0.05) is 0 Å². The highest BCUT2D eigenvalue weighted by molar-refractivity contribution is 5.77. The van der Waals surface area contributed by atoms with E-state index in [1.54, 1.807) is 0 Å². The van der Waals surface area contributed by atoms with Gasteiger partial charge < -0.3 is 9.64 Å². The minimum atomic E-state index is 0.0557. The summed E-state index contributed by atoms with van der Waals surface area (Å²) in [6.07, 6.45) is 4.10. The Labute approximate surface area is 113 Å². The summed E-state index contributed by atoms with van der Waals surface area (Å²) in [5, 5.41) is 7.96. The summed E-state index contributed by atoms with van der Waals surface area (Å²) in [4.78, 5) is 13.9. The number of aryl methyl sites for hydroxylation is 1. The van der Waals surface area contributed by atoms with Crippen LogP contribution in [0.15, 0.2) is 12.1 Å². The van der Waals surface area contributed by atoms with Crippen LogP contribution in [-0.4, -0.2) is 40.2 Å². The highest BCUT2D eigenvalue weighted by atomic mass is 16.5. The van der Waals surface area contributed by atoms with Crippen LogP contribution in [0.25, 0.3) is 0 Å². The fourth-order valence-corrected chi connectivity index (χ4v) is 2.37. The summed E-state index contributed by atoms with van der Waals surface area (Å²) < 4.78 is 5.76. The van der Waals surface area contributed by atoms with Gasteiger partial charge in [0, 0.05) is 25.5 Å². The number of likely N-dealkylation sites (tertiary alicyclic amines) is 1. The van der Waals surface area contributed by atoms with E-state index in [4.69, 9.17) is 4.74 Å². The molecule has 2 aliphatic rings. The molecule has 19 heavy (non-hydrogen) atoms. The van der Waals surface area contributed by atoms with Gasteiger partial charge in [0.25, 0.3) is 0 Å². The maximum Gasteiger partial charge on any atom is 0.233 e. The number of aromatic nitrogens is 2. The third-order valence-electron chi connectivity index (χ3n) is 3.72. The van der Waals surface area contributed by atoms with Gasteiger partial charge in [0.2, 0.25) is 11.8 Å². The molecule has 1 atom stereocenters. The van der Waals surface area contributed by atoms with Crippen LogP contribution in [0.3, 0.4) is 0 Å². The van der Waals surface area contributed by atoms with Crippen LogP contribution in [0, 0.1) is 12.8 Å². The fourth-order valence-electron chi connectivity index (χ4n) is 2.37. The molecule has 102 valence electrons. The van der Waals surface area contributed by atoms with Crippen molar-refractivity contribution in [3.63, 3.8) is 0 Å². The number of ether oxygens (including phenoxy) is 1. The monoisotopic (exact) mass is 261 g/mol. The molecule has 1 aliphatic heterocycles. The first-order chi connectivity index (χ1) is 9.20. The van der Waals surface area contributed by atoms with Crippen LogP contribution in [0.4, 0.5) is 0 Å². The van der Waals surface area contributed by atoms with E-state index in [1.165, 1.54) is 12.8 Å². The first kappa shape index (κ1) is 12.4. The van der Waals surface area contributed by atoms with Gasteiger partial charge in [-0.2, -0.15) is 5.10 Å². The van der Waals surface area contributed by atoms with E-state index in [-0.39, 0.29) is 12.0 Å². The summed E-state index contributed by atoms with van der Waals surface area (Å²) in [7, 11) is 0. The fraction of sp³-hybridized carbons (Fsp3) is 0.643. The lowest BCUT2D eigenvalue weighted by molar-refractivity contribution is -0.130. The van der Waals surface area contributed by atoms with Crippen molar-refractivity contribution < 1.29 is 9.53 Å². The maximum absolute atomic E-state index is 12.0. The molecule has 0 N–H and O–H groups in total. The molecular weight excluding hydrogens is 242 g/mol. The van der Waals surface area contributed by atoms with Crippen LogP contribution in [0.2, 0.25) is 0 Å². The van der Waals surface area contributed by atoms with Gasteiger partial charge in [0.15, 0.2) is 0 Å². The molecule has 0 bridgehead atoms. The largest absolute Gasteiger partial charge is 0.471 e. The highest BCUT2D eigenvalue weighted by Crippen LogP contribution is 2.33. The van der Waals surface area contributed by atoms with E-state index in [0.717, 1.165) is 25.1 Å². The second-order valence-corrected chi connectivity index (χ2v) is 5.53. The van der Waals surface area contributed by atoms with Crippen molar-refractivity contribution in [2.24, 2.45) is 5.92 Å². The first-order valence-electron chi connectivity index (χ1n) is 6.95. The van der Waals surface area contributed by atoms with Crippen LogP contribution in [-0.2, 0) is 4.79 Å². The summed E-state index contributed by atoms with van der Waals surface area (Å²) in [5.74, 6) is 1.48. The molecule has 1 saturated carbocycles. The molecule has 5 nitrogen and oxygen atoms in total. The second-order valence-electron chi connectivity index (χ2n) is 5.53. The third kappa shape index (κ3) is 3.22. The second kappa shape index (κ2) is 5.15. The van der Waals surface area contributed by atoms with Crippen molar-refractivity contribution in [3.05, 3.63) is 17.8 Å². The van der Waals surface area contributed by atoms with Crippen molar-refractivity contribution in [3.8, 4) is 5.88 Å². The molecule has 1 aromatic rings. The Hall–Kier alpha value is -1.65. The average Bonchev–Trinajstić information content (AvgIpc) is 3.08. The maximum atomic E-state index is 12.0. The Balaban J connectivity index is 1.50. The molecule has 1 aromatic heterocycles. The van der Waals surface area contributed by atoms with Crippen molar-refractivity contribution in [1.29, 1.82) is 0 Å². The SMILES string of the molecule is Cc1ccc(O[C@H]2CCN(C(=O)CC3CC3)C2)nn1. The number of hydrogen-bond acceptors (Lipinski definition) is 4. The molecule has 2 fully saturated rings. The van der Waals surface area contributed by atoms with E-state index in [0.29, 0.717) is 18.3 Å². The molecule has 0 radical (unpaired) electrons. The number of carbonyl (C=O) groups excluding carboxylic acids is 1. The van der Waals surface area contributed by atoms with Crippen LogP contribution >= 0.6 is 0 Å². The standard InChI is InChI=1S/C14H19N3O2/c1-10-2-5-13(16-15-10)19-12-6-7-17(9-12)14(18)8-11-3-4-11/h2,5,11-12H,3-4,6-9H2,1H3/t12-/m0/s1. The van der Waals surface area contributed by atoms with Crippen LogP contribution < -0.4 is 4.74 Å². The van der Waals surface area contributed by atoms with E-state index in [2.05, 4.69) is 10.2 Å². The molecular formula is C14H19N3O2. The number of hydrogen-bond donors (Lipinski definition) is 0. The van der Waals surface area contributed by atoms with Gasteiger partial charge in [-0.3, -0.25) is 4.79 Å². The predicted octanol–water partition coefficient (Wildman–Crippen LogP) is 1.56. The van der Waals surface area contributed by atoms with Gasteiger partial charge in [-0.15, -0.1) is 5.10 Å². The van der Waals surface area contributed by atoms with E-state index >= 15 is 0 Å². The molecule has 1 saturated heterocycles. The number of carbonyl (C=O) groups is 1. The van der Waals surface area contributed by atoms with Crippen LogP contribution in [0.1, 0.15) is 31.4 Å². The molecule has 2 heterocycles. The molecule has 0 spiro atoms. The summed E-state index contributed by atoms with van der Waals surface area (Å²) in [6.45, 7) is 3.38. The quantitative estimate of drug-likeness (QED) is 0.825. The zero-order valence-electron chi connectivity index (χ0n) is 11.2. The molecule has 0 unspecified atom stereocenters. The Morgan fingerprint density at radius 1 is 1.37 bits per heavy atom. The topological polar surface area (TPSA) is 55.3 Å². The summed E-state index contributed by atoms with van der Waals surface area (Å²) >= 11 is 0. The van der Waals surface area contributed by atoms with Crippen molar-refractivity contribution in [1.82, 2.24) is 15.1 Å². The van der Waals surface area contributed by atoms with Gasteiger partial charge in [0.1, 0.15) is 6.10 Å². The highest BCUT2D eigenvalue weighted by Gasteiger charge is 2.31. The lowest BCUT2D eigenvalue weighted by Crippen LogP contribution is -2.31. The van der Waals surface area contributed by atoms with Gasteiger partial charge in [-0.05, 0) is 31.7 Å². The Morgan fingerprint density at radius 3 is 2.89 bits per heavy atom. The molecule has 3 rings (SSSR count). The average molecular weight is 261 g/mol. The predicted molar refractivity (Wildman–Crippen MR) is 69.7 cm³/mol. The Kier molecular flexibility index (Phi) is 3.36. The molecule has 5 heteroatoms. The number of amides is 1. The summed E-state index contributed by atoms with van der Waals surface area (Å²) in [5.41, 5.74) is 0.875. The smallest absolute Gasteiger partial charge is 0.233 e. The van der Waals surface area contributed by atoms with Crippen molar-refractivity contribution >= 4 is 5.91 Å². The Morgan fingerprint density at radius 2 is 2.21 bits per heavy atom. The van der Waals surface area contributed by atoms with Gasteiger partial charge in [0.05, 0.1) is 12.2 Å². The summed E-state index contributed by atoms with van der Waals surface area (Å²) in [6, 6.07) is 3.71. The zero-order valence-corrected chi connectivity index (χ0v) is 11.2. The Bertz CT molecular complexity index is 456. The first-order valence-corrected chi connectivity index (χ1v) is 6.95. The lowest BCUT2D eigenvalue weighted by Gasteiger charge is -2.16. The van der Waals surface area contributed by atoms with Gasteiger partial charge >= 0.3 is 0 Å². The van der Waals surface area contributed by atoms with Gasteiger partial charge in [-0.25, -0.2) is 0 Å². The number of rotatable bonds is 4. The van der Waals surface area contributed by atoms with Crippen molar-refractivity contribution in [2.75, 3.05) is 13.1 Å². The third-order valence-corrected chi connectivity index (χ3v) is 3.72. The molecule has 1 amide bonds. The number of nitrogens with zero attached hydrogens (tertiary/aromatic N) is 3. The molecule has 1 aliphatic carbocycles. The minimum Gasteiger partial charge on any atom is -0.471 e. The van der Waals surface area contributed by atoms with Crippen LogP contribution in [0.5, 0.6) is 5.88 Å².